The smallest absolute Gasteiger partial charge is 0.406 e. The molecule has 1 rings (SSSR count). The maximum atomic E-state index is 13.5. The van der Waals surface area contributed by atoms with Gasteiger partial charge in [0, 0.05) is 6.04 Å². The third-order valence-electron chi connectivity index (χ3n) is 2.44. The zero-order valence-electron chi connectivity index (χ0n) is 10.3. The number of phenols is 1. The lowest BCUT2D eigenvalue weighted by Gasteiger charge is -2.28. The van der Waals surface area contributed by atoms with Gasteiger partial charge in [0.15, 0.2) is 0 Å². The summed E-state index contributed by atoms with van der Waals surface area (Å²) in [6.45, 7) is 1.25. The van der Waals surface area contributed by atoms with Gasteiger partial charge in [0.25, 0.3) is 5.91 Å². The normalized spacial score (nSPS) is 11.7. The van der Waals surface area contributed by atoms with Crippen LogP contribution in [0.3, 0.4) is 0 Å². The molecule has 106 valence electrons. The summed E-state index contributed by atoms with van der Waals surface area (Å²) in [5, 5.41) is 9.42. The molecule has 1 amide bonds. The van der Waals surface area contributed by atoms with Gasteiger partial charge < -0.3 is 10.0 Å². The van der Waals surface area contributed by atoms with Crippen molar-refractivity contribution < 1.29 is 27.5 Å². The number of carbonyl (C=O) groups excluding carboxylic acids is 1. The van der Waals surface area contributed by atoms with E-state index >= 15 is 0 Å². The summed E-state index contributed by atoms with van der Waals surface area (Å²) in [6, 6.07) is 2.32. The minimum atomic E-state index is -4.60. The summed E-state index contributed by atoms with van der Waals surface area (Å²) >= 11 is 0. The highest BCUT2D eigenvalue weighted by Crippen LogP contribution is 2.25. The van der Waals surface area contributed by atoms with Gasteiger partial charge in [-0.15, -0.1) is 0 Å². The Kier molecular flexibility index (Phi) is 4.39. The summed E-state index contributed by atoms with van der Waals surface area (Å²) in [4.78, 5) is 12.4. The molecule has 0 heterocycles. The minimum absolute atomic E-state index is 0.456. The SMILES string of the molecule is CC(C)N(CC(F)(F)F)C(=O)c1c(O)cccc1F. The fourth-order valence-corrected chi connectivity index (χ4v) is 1.55. The van der Waals surface area contributed by atoms with Crippen LogP contribution in [0.4, 0.5) is 17.6 Å². The van der Waals surface area contributed by atoms with Gasteiger partial charge in [0.05, 0.1) is 0 Å². The van der Waals surface area contributed by atoms with E-state index < -0.39 is 41.8 Å². The van der Waals surface area contributed by atoms with Crippen molar-refractivity contribution in [1.82, 2.24) is 4.90 Å². The number of nitrogens with zero attached hydrogens (tertiary/aromatic N) is 1. The van der Waals surface area contributed by atoms with E-state index in [2.05, 4.69) is 0 Å². The molecule has 7 heteroatoms. The standard InChI is InChI=1S/C12H13F4NO2/c1-7(2)17(6-12(14,15)16)11(19)10-8(13)4-3-5-9(10)18/h3-5,7,18H,6H2,1-2H3. The van der Waals surface area contributed by atoms with Gasteiger partial charge in [-0.2, -0.15) is 13.2 Å². The summed E-state index contributed by atoms with van der Waals surface area (Å²) in [5.41, 5.74) is -0.750. The number of alkyl halides is 3. The predicted octanol–water partition coefficient (Wildman–Crippen LogP) is 2.94. The maximum absolute atomic E-state index is 13.5. The number of aromatic hydroxyl groups is 1. The molecule has 0 saturated carbocycles. The highest BCUT2D eigenvalue weighted by atomic mass is 19.4. The molecular weight excluding hydrogens is 266 g/mol. The van der Waals surface area contributed by atoms with E-state index in [0.717, 1.165) is 18.2 Å². The van der Waals surface area contributed by atoms with Crippen LogP contribution in [0.5, 0.6) is 5.75 Å². The molecule has 0 saturated heterocycles. The third kappa shape index (κ3) is 3.84. The zero-order chi connectivity index (χ0) is 14.8. The van der Waals surface area contributed by atoms with Crippen molar-refractivity contribution in [2.45, 2.75) is 26.1 Å². The van der Waals surface area contributed by atoms with Crippen LogP contribution in [0, 0.1) is 5.82 Å². The second-order valence-electron chi connectivity index (χ2n) is 4.28. The quantitative estimate of drug-likeness (QED) is 0.864. The Morgan fingerprint density at radius 3 is 2.37 bits per heavy atom. The lowest BCUT2D eigenvalue weighted by atomic mass is 10.1. The van der Waals surface area contributed by atoms with Crippen molar-refractivity contribution in [2.24, 2.45) is 0 Å². The molecule has 0 aromatic heterocycles. The molecule has 3 nitrogen and oxygen atoms in total. The van der Waals surface area contributed by atoms with Gasteiger partial charge in [0.1, 0.15) is 23.7 Å². The van der Waals surface area contributed by atoms with Gasteiger partial charge in [0.2, 0.25) is 0 Å². The fourth-order valence-electron chi connectivity index (χ4n) is 1.55. The molecule has 0 aliphatic rings. The molecule has 1 aromatic carbocycles. The van der Waals surface area contributed by atoms with Crippen LogP contribution in [0.1, 0.15) is 24.2 Å². The molecule has 19 heavy (non-hydrogen) atoms. The van der Waals surface area contributed by atoms with Gasteiger partial charge in [-0.25, -0.2) is 4.39 Å². The highest BCUT2D eigenvalue weighted by Gasteiger charge is 2.36. The lowest BCUT2D eigenvalue weighted by molar-refractivity contribution is -0.143. The van der Waals surface area contributed by atoms with E-state index in [0.29, 0.717) is 4.90 Å². The van der Waals surface area contributed by atoms with Gasteiger partial charge >= 0.3 is 6.18 Å². The maximum Gasteiger partial charge on any atom is 0.406 e. The average Bonchev–Trinajstić information content (AvgIpc) is 2.23. The van der Waals surface area contributed by atoms with Crippen LogP contribution in [-0.2, 0) is 0 Å². The van der Waals surface area contributed by atoms with E-state index in [1.165, 1.54) is 13.8 Å². The number of benzene rings is 1. The van der Waals surface area contributed by atoms with Crippen molar-refractivity contribution in [3.63, 3.8) is 0 Å². The van der Waals surface area contributed by atoms with Crippen LogP contribution in [-0.4, -0.2) is 34.7 Å². The Balaban J connectivity index is 3.14. The summed E-state index contributed by atoms with van der Waals surface area (Å²) < 4.78 is 50.6. The molecule has 0 fully saturated rings. The number of hydrogen-bond acceptors (Lipinski definition) is 2. The van der Waals surface area contributed by atoms with Gasteiger partial charge in [-0.1, -0.05) is 6.07 Å². The highest BCUT2D eigenvalue weighted by molar-refractivity contribution is 5.97. The molecule has 0 bridgehead atoms. The Morgan fingerprint density at radius 2 is 1.95 bits per heavy atom. The van der Waals surface area contributed by atoms with Crippen molar-refractivity contribution in [3.05, 3.63) is 29.6 Å². The Morgan fingerprint density at radius 1 is 1.37 bits per heavy atom. The molecule has 1 N–H and O–H groups in total. The number of carbonyl (C=O) groups is 1. The number of rotatable bonds is 3. The van der Waals surface area contributed by atoms with E-state index in [-0.39, 0.29) is 0 Å². The summed E-state index contributed by atoms with van der Waals surface area (Å²) in [6.07, 6.45) is -4.60. The first-order valence-corrected chi connectivity index (χ1v) is 5.48. The number of phenolic OH excluding ortho intramolecular Hbond substituents is 1. The first-order valence-electron chi connectivity index (χ1n) is 5.48. The lowest BCUT2D eigenvalue weighted by Crippen LogP contribution is -2.43. The molecule has 1 aromatic rings. The molecule has 0 aliphatic heterocycles. The summed E-state index contributed by atoms with van der Waals surface area (Å²) in [5.74, 6) is -2.93. The van der Waals surface area contributed by atoms with Crippen LogP contribution >= 0.6 is 0 Å². The first-order chi connectivity index (χ1) is 8.63. The van der Waals surface area contributed by atoms with Crippen LogP contribution < -0.4 is 0 Å². The molecule has 0 radical (unpaired) electrons. The number of amides is 1. The van der Waals surface area contributed by atoms with Crippen molar-refractivity contribution >= 4 is 5.91 Å². The van der Waals surface area contributed by atoms with Crippen molar-refractivity contribution in [1.29, 1.82) is 0 Å². The predicted molar refractivity (Wildman–Crippen MR) is 60.3 cm³/mol. The van der Waals surface area contributed by atoms with Crippen LogP contribution in [0.15, 0.2) is 18.2 Å². The minimum Gasteiger partial charge on any atom is -0.507 e. The van der Waals surface area contributed by atoms with E-state index in [1.54, 1.807) is 0 Å². The van der Waals surface area contributed by atoms with Crippen molar-refractivity contribution in [3.8, 4) is 5.75 Å². The van der Waals surface area contributed by atoms with E-state index in [9.17, 15) is 27.5 Å². The monoisotopic (exact) mass is 279 g/mol. The van der Waals surface area contributed by atoms with Crippen molar-refractivity contribution in [2.75, 3.05) is 6.54 Å². The number of hydrogen-bond donors (Lipinski definition) is 1. The van der Waals surface area contributed by atoms with Gasteiger partial charge in [-0.3, -0.25) is 4.79 Å². The second kappa shape index (κ2) is 5.46. The Bertz CT molecular complexity index is 451. The zero-order valence-corrected chi connectivity index (χ0v) is 10.3. The Hall–Kier alpha value is -1.79. The average molecular weight is 279 g/mol. The second-order valence-corrected chi connectivity index (χ2v) is 4.28. The van der Waals surface area contributed by atoms with E-state index in [4.69, 9.17) is 0 Å². The molecular formula is C12H13F4NO2. The van der Waals surface area contributed by atoms with Gasteiger partial charge in [-0.05, 0) is 26.0 Å². The third-order valence-corrected chi connectivity index (χ3v) is 2.44. The Labute approximate surface area is 107 Å². The first kappa shape index (κ1) is 15.3. The fraction of sp³-hybridized carbons (Fsp3) is 0.417. The summed E-state index contributed by atoms with van der Waals surface area (Å²) in [7, 11) is 0. The van der Waals surface area contributed by atoms with Crippen LogP contribution in [0.2, 0.25) is 0 Å². The largest absolute Gasteiger partial charge is 0.507 e. The number of halogens is 4. The molecule has 0 aliphatic carbocycles. The topological polar surface area (TPSA) is 40.5 Å². The molecule has 0 unspecified atom stereocenters. The van der Waals surface area contributed by atoms with E-state index in [1.807, 2.05) is 0 Å². The molecule has 0 spiro atoms. The molecule has 0 atom stereocenters. The van der Waals surface area contributed by atoms with Crippen LogP contribution in [0.25, 0.3) is 0 Å².